The third-order valence-corrected chi connectivity index (χ3v) is 4.16. The molecule has 0 heterocycles. The lowest BCUT2D eigenvalue weighted by atomic mass is 10.1. The Labute approximate surface area is 132 Å². The molecular formula is C13H22ClN3O3S. The number of amides is 1. The van der Waals surface area contributed by atoms with Crippen LogP contribution in [0.5, 0.6) is 0 Å². The van der Waals surface area contributed by atoms with E-state index in [2.05, 4.69) is 15.4 Å². The second-order valence-electron chi connectivity index (χ2n) is 4.48. The van der Waals surface area contributed by atoms with Gasteiger partial charge in [-0.25, -0.2) is 8.42 Å². The Bertz CT molecular complexity index is 576. The molecule has 0 aromatic heterocycles. The van der Waals surface area contributed by atoms with E-state index in [4.69, 9.17) is 0 Å². The zero-order valence-electron chi connectivity index (χ0n) is 12.4. The van der Waals surface area contributed by atoms with Crippen LogP contribution < -0.4 is 15.4 Å². The number of benzene rings is 1. The summed E-state index contributed by atoms with van der Waals surface area (Å²) in [5, 5.41) is 5.49. The van der Waals surface area contributed by atoms with E-state index in [0.717, 1.165) is 0 Å². The van der Waals surface area contributed by atoms with E-state index in [1.165, 1.54) is 0 Å². The van der Waals surface area contributed by atoms with Gasteiger partial charge >= 0.3 is 0 Å². The van der Waals surface area contributed by atoms with Crippen LogP contribution in [-0.2, 0) is 14.8 Å². The van der Waals surface area contributed by atoms with Crippen LogP contribution in [0.25, 0.3) is 0 Å². The van der Waals surface area contributed by atoms with Crippen molar-refractivity contribution in [1.82, 2.24) is 5.32 Å². The molecule has 1 amide bonds. The van der Waals surface area contributed by atoms with Gasteiger partial charge in [0.05, 0.1) is 18.0 Å². The van der Waals surface area contributed by atoms with Crippen LogP contribution in [0.3, 0.4) is 0 Å². The Morgan fingerprint density at radius 1 is 1.24 bits per heavy atom. The van der Waals surface area contributed by atoms with E-state index < -0.39 is 10.0 Å². The van der Waals surface area contributed by atoms with E-state index >= 15 is 0 Å². The molecule has 0 unspecified atom stereocenters. The standard InChI is InChI=1S/C13H21N3O3S.ClH/c1-4-8-20(18,19)16-12-7-5-6-11(10(12)2)15-13(17)9-14-3;/h5-7,14,16H,4,8-9H2,1-3H3,(H,15,17);1H. The van der Waals surface area contributed by atoms with Gasteiger partial charge in [-0.3, -0.25) is 9.52 Å². The highest BCUT2D eigenvalue weighted by molar-refractivity contribution is 7.92. The van der Waals surface area contributed by atoms with E-state index in [1.807, 2.05) is 0 Å². The number of nitrogens with one attached hydrogen (secondary N) is 3. The van der Waals surface area contributed by atoms with E-state index in [-0.39, 0.29) is 30.6 Å². The van der Waals surface area contributed by atoms with Gasteiger partial charge in [-0.1, -0.05) is 13.0 Å². The fourth-order valence-electron chi connectivity index (χ4n) is 1.72. The first-order valence-corrected chi connectivity index (χ1v) is 8.09. The summed E-state index contributed by atoms with van der Waals surface area (Å²) < 4.78 is 26.1. The van der Waals surface area contributed by atoms with Gasteiger partial charge in [-0.2, -0.15) is 0 Å². The Morgan fingerprint density at radius 2 is 1.86 bits per heavy atom. The van der Waals surface area contributed by atoms with Gasteiger partial charge in [-0.05, 0) is 38.1 Å². The first kappa shape index (κ1) is 19.7. The normalized spacial score (nSPS) is 10.6. The smallest absolute Gasteiger partial charge is 0.238 e. The van der Waals surface area contributed by atoms with Crippen LogP contribution in [0.2, 0.25) is 0 Å². The van der Waals surface area contributed by atoms with E-state index in [1.54, 1.807) is 39.1 Å². The Morgan fingerprint density at radius 3 is 2.43 bits per heavy atom. The molecule has 0 aliphatic heterocycles. The summed E-state index contributed by atoms with van der Waals surface area (Å²) in [4.78, 5) is 11.6. The number of halogens is 1. The van der Waals surface area contributed by atoms with Crippen molar-refractivity contribution in [1.29, 1.82) is 0 Å². The fourth-order valence-corrected chi connectivity index (χ4v) is 2.92. The molecule has 120 valence electrons. The zero-order valence-corrected chi connectivity index (χ0v) is 14.0. The fraction of sp³-hybridized carbons (Fsp3) is 0.462. The number of sulfonamides is 1. The molecule has 0 bridgehead atoms. The van der Waals surface area contributed by atoms with Crippen LogP contribution >= 0.6 is 12.4 Å². The minimum Gasteiger partial charge on any atom is -0.325 e. The molecule has 0 atom stereocenters. The van der Waals surface area contributed by atoms with E-state index in [0.29, 0.717) is 23.4 Å². The second-order valence-corrected chi connectivity index (χ2v) is 6.32. The van der Waals surface area contributed by atoms with Crippen molar-refractivity contribution in [3.05, 3.63) is 23.8 Å². The number of likely N-dealkylation sites (N-methyl/N-ethyl adjacent to an activating group) is 1. The molecule has 0 spiro atoms. The van der Waals surface area contributed by atoms with Crippen molar-refractivity contribution in [3.8, 4) is 0 Å². The molecule has 0 aliphatic carbocycles. The quantitative estimate of drug-likeness (QED) is 0.708. The molecular weight excluding hydrogens is 314 g/mol. The van der Waals surface area contributed by atoms with Crippen molar-refractivity contribution in [2.24, 2.45) is 0 Å². The number of anilines is 2. The monoisotopic (exact) mass is 335 g/mol. The highest BCUT2D eigenvalue weighted by atomic mass is 35.5. The molecule has 21 heavy (non-hydrogen) atoms. The Balaban J connectivity index is 0.00000400. The Kier molecular flexibility index (Phi) is 8.31. The number of rotatable bonds is 7. The van der Waals surface area contributed by atoms with Gasteiger partial charge in [0.15, 0.2) is 0 Å². The summed E-state index contributed by atoms with van der Waals surface area (Å²) in [5.41, 5.74) is 1.78. The zero-order chi connectivity index (χ0) is 15.2. The summed E-state index contributed by atoms with van der Waals surface area (Å²) in [6.07, 6.45) is 0.549. The maximum atomic E-state index is 11.8. The second kappa shape index (κ2) is 8.86. The predicted octanol–water partition coefficient (Wildman–Crippen LogP) is 1.73. The molecule has 1 rings (SSSR count). The molecule has 0 aliphatic rings. The summed E-state index contributed by atoms with van der Waals surface area (Å²) in [5.74, 6) is -0.104. The number of carbonyl (C=O) groups excluding carboxylic acids is 1. The highest BCUT2D eigenvalue weighted by Gasteiger charge is 2.12. The highest BCUT2D eigenvalue weighted by Crippen LogP contribution is 2.24. The van der Waals surface area contributed by atoms with Crippen molar-refractivity contribution in [2.45, 2.75) is 20.3 Å². The Hall–Kier alpha value is -1.31. The number of hydrogen-bond acceptors (Lipinski definition) is 4. The number of hydrogen-bond donors (Lipinski definition) is 3. The molecule has 0 saturated carbocycles. The molecule has 1 aromatic rings. The molecule has 8 heteroatoms. The summed E-state index contributed by atoms with van der Waals surface area (Å²) >= 11 is 0. The maximum Gasteiger partial charge on any atom is 0.238 e. The van der Waals surface area contributed by atoms with Gasteiger partial charge in [0, 0.05) is 5.69 Å². The largest absolute Gasteiger partial charge is 0.325 e. The minimum atomic E-state index is -3.34. The third-order valence-electron chi connectivity index (χ3n) is 2.68. The number of carbonyl (C=O) groups is 1. The topological polar surface area (TPSA) is 87.3 Å². The lowest BCUT2D eigenvalue weighted by Crippen LogP contribution is -2.25. The average Bonchev–Trinajstić information content (AvgIpc) is 2.34. The first-order valence-electron chi connectivity index (χ1n) is 6.44. The molecule has 6 nitrogen and oxygen atoms in total. The summed E-state index contributed by atoms with van der Waals surface area (Å²) in [6.45, 7) is 3.77. The summed E-state index contributed by atoms with van der Waals surface area (Å²) in [7, 11) is -1.66. The molecule has 0 radical (unpaired) electrons. The molecule has 0 fully saturated rings. The van der Waals surface area contributed by atoms with Crippen LogP contribution in [0, 0.1) is 6.92 Å². The maximum absolute atomic E-state index is 11.8. The molecule has 3 N–H and O–H groups in total. The molecule has 0 saturated heterocycles. The van der Waals surface area contributed by atoms with Gasteiger partial charge in [0.1, 0.15) is 0 Å². The van der Waals surface area contributed by atoms with Crippen LogP contribution in [-0.4, -0.2) is 33.7 Å². The lowest BCUT2D eigenvalue weighted by Gasteiger charge is -2.14. The van der Waals surface area contributed by atoms with Crippen molar-refractivity contribution in [2.75, 3.05) is 29.4 Å². The lowest BCUT2D eigenvalue weighted by molar-refractivity contribution is -0.115. The SMILES string of the molecule is CCCS(=O)(=O)Nc1cccc(NC(=O)CNC)c1C.Cl. The van der Waals surface area contributed by atoms with Gasteiger partial charge in [0.2, 0.25) is 15.9 Å². The van der Waals surface area contributed by atoms with Crippen molar-refractivity contribution < 1.29 is 13.2 Å². The predicted molar refractivity (Wildman–Crippen MR) is 88.7 cm³/mol. The van der Waals surface area contributed by atoms with Gasteiger partial charge in [0.25, 0.3) is 0 Å². The van der Waals surface area contributed by atoms with Crippen molar-refractivity contribution in [3.63, 3.8) is 0 Å². The van der Waals surface area contributed by atoms with Crippen LogP contribution in [0.15, 0.2) is 18.2 Å². The van der Waals surface area contributed by atoms with Gasteiger partial charge < -0.3 is 10.6 Å². The molecule has 1 aromatic carbocycles. The van der Waals surface area contributed by atoms with Crippen molar-refractivity contribution >= 4 is 39.7 Å². The van der Waals surface area contributed by atoms with E-state index in [9.17, 15) is 13.2 Å². The van der Waals surface area contributed by atoms with Gasteiger partial charge in [-0.15, -0.1) is 12.4 Å². The van der Waals surface area contributed by atoms with Crippen LogP contribution in [0.4, 0.5) is 11.4 Å². The third kappa shape index (κ3) is 6.33. The summed E-state index contributed by atoms with van der Waals surface area (Å²) in [6, 6.07) is 5.11. The first-order chi connectivity index (χ1) is 9.39. The average molecular weight is 336 g/mol. The van der Waals surface area contributed by atoms with Crippen LogP contribution in [0.1, 0.15) is 18.9 Å². The minimum absolute atomic E-state index is 0.